The Morgan fingerprint density at radius 3 is 2.08 bits per heavy atom. The summed E-state index contributed by atoms with van der Waals surface area (Å²) >= 11 is 1.65. The number of amides is 2. The van der Waals surface area contributed by atoms with Gasteiger partial charge >= 0.3 is 5.91 Å². The second kappa shape index (κ2) is 9.53. The maximum absolute atomic E-state index is 12.9. The molecule has 6 nitrogen and oxygen atoms in total. The lowest BCUT2D eigenvalue weighted by Crippen LogP contribution is -2.36. The minimum absolute atomic E-state index is 0.161. The monoisotopic (exact) mass is 473 g/mol. The van der Waals surface area contributed by atoms with Gasteiger partial charge in [0.25, 0.3) is 11.7 Å². The predicted octanol–water partition coefficient (Wildman–Crippen LogP) is 3.52. The Bertz CT molecular complexity index is 687. The SMILES string of the molecule is Cc1c(C(=O)C(=O)NI)c(C)n(C)c1C(=O)NC1CCCCCCCC1. The third-order valence-electron chi connectivity index (χ3n) is 5.36. The van der Waals surface area contributed by atoms with Gasteiger partial charge in [0.05, 0.1) is 28.4 Å². The van der Waals surface area contributed by atoms with Crippen molar-refractivity contribution in [1.29, 1.82) is 0 Å². The normalized spacial score (nSPS) is 16.3. The summed E-state index contributed by atoms with van der Waals surface area (Å²) in [5.74, 6) is -1.44. The Hall–Kier alpha value is -1.38. The van der Waals surface area contributed by atoms with Crippen molar-refractivity contribution in [2.75, 3.05) is 0 Å². The lowest BCUT2D eigenvalue weighted by molar-refractivity contribution is -0.114. The average Bonchev–Trinajstić information content (AvgIpc) is 2.91. The number of ketones is 1. The molecule has 1 aliphatic carbocycles. The Balaban J connectivity index is 2.23. The molecule has 1 fully saturated rings. The molecular formula is C19H28IN3O3. The molecule has 7 heteroatoms. The van der Waals surface area contributed by atoms with Crippen molar-refractivity contribution in [3.05, 3.63) is 22.5 Å². The fraction of sp³-hybridized carbons (Fsp3) is 0.632. The second-order valence-electron chi connectivity index (χ2n) is 7.11. The summed E-state index contributed by atoms with van der Waals surface area (Å²) in [4.78, 5) is 37.0. The molecule has 0 saturated heterocycles. The van der Waals surface area contributed by atoms with Crippen LogP contribution in [0.15, 0.2) is 0 Å². The van der Waals surface area contributed by atoms with Crippen LogP contribution in [-0.4, -0.2) is 28.2 Å². The number of nitrogens with zero attached hydrogens (tertiary/aromatic N) is 1. The molecule has 0 aromatic carbocycles. The van der Waals surface area contributed by atoms with Gasteiger partial charge in [-0.2, -0.15) is 0 Å². The number of aromatic nitrogens is 1. The van der Waals surface area contributed by atoms with E-state index >= 15 is 0 Å². The number of carbonyl (C=O) groups excluding carboxylic acids is 3. The molecule has 1 aromatic rings. The maximum atomic E-state index is 12.9. The topological polar surface area (TPSA) is 80.2 Å². The largest absolute Gasteiger partial charge is 0.348 e. The molecule has 2 rings (SSSR count). The molecule has 1 aromatic heterocycles. The van der Waals surface area contributed by atoms with Crippen LogP contribution >= 0.6 is 22.9 Å². The lowest BCUT2D eigenvalue weighted by atomic mass is 10.0. The zero-order chi connectivity index (χ0) is 19.3. The van der Waals surface area contributed by atoms with Crippen LogP contribution in [-0.2, 0) is 11.8 Å². The van der Waals surface area contributed by atoms with Gasteiger partial charge in [-0.1, -0.05) is 38.5 Å². The predicted molar refractivity (Wildman–Crippen MR) is 110 cm³/mol. The van der Waals surface area contributed by atoms with Gasteiger partial charge < -0.3 is 9.88 Å². The first-order valence-corrected chi connectivity index (χ1v) is 10.4. The van der Waals surface area contributed by atoms with E-state index in [2.05, 4.69) is 8.85 Å². The summed E-state index contributed by atoms with van der Waals surface area (Å²) in [6.45, 7) is 3.50. The Labute approximate surface area is 169 Å². The highest BCUT2D eigenvalue weighted by molar-refractivity contribution is 14.1. The Morgan fingerprint density at radius 2 is 1.54 bits per heavy atom. The van der Waals surface area contributed by atoms with Crippen molar-refractivity contribution in [3.63, 3.8) is 0 Å². The quantitative estimate of drug-likeness (QED) is 0.304. The standard InChI is InChI=1S/C19H28IN3O3/c1-12-15(17(24)19(26)22-20)13(2)23(3)16(12)18(25)21-14-10-8-6-4-5-7-9-11-14/h14H,4-11H2,1-3H3,(H,21,25)(H,22,26). The number of halogens is 1. The van der Waals surface area contributed by atoms with Gasteiger partial charge in [-0.05, 0) is 32.3 Å². The first-order valence-electron chi connectivity index (χ1n) is 9.30. The van der Waals surface area contributed by atoms with E-state index in [1.165, 1.54) is 25.7 Å². The molecule has 144 valence electrons. The summed E-state index contributed by atoms with van der Waals surface area (Å²) in [6, 6.07) is 0.173. The van der Waals surface area contributed by atoms with Gasteiger partial charge in [-0.3, -0.25) is 17.9 Å². The van der Waals surface area contributed by atoms with Gasteiger partial charge in [0.1, 0.15) is 5.69 Å². The molecule has 0 atom stereocenters. The molecule has 0 spiro atoms. The summed E-state index contributed by atoms with van der Waals surface area (Å²) < 4.78 is 4.05. The second-order valence-corrected chi connectivity index (χ2v) is 7.65. The molecule has 2 N–H and O–H groups in total. The Kier molecular flexibility index (Phi) is 7.67. The smallest absolute Gasteiger partial charge is 0.301 e. The number of hydrogen-bond donors (Lipinski definition) is 2. The molecule has 0 aliphatic heterocycles. The molecule has 1 heterocycles. The van der Waals surface area contributed by atoms with E-state index in [9.17, 15) is 14.4 Å². The van der Waals surface area contributed by atoms with E-state index < -0.39 is 11.7 Å². The molecule has 2 amide bonds. The van der Waals surface area contributed by atoms with E-state index in [4.69, 9.17) is 0 Å². The summed E-state index contributed by atoms with van der Waals surface area (Å²) in [5.41, 5.74) is 1.98. The Morgan fingerprint density at radius 1 is 1.00 bits per heavy atom. The van der Waals surface area contributed by atoms with Crippen molar-refractivity contribution in [2.24, 2.45) is 7.05 Å². The molecule has 1 aliphatic rings. The molecule has 0 radical (unpaired) electrons. The van der Waals surface area contributed by atoms with Crippen LogP contribution in [0.1, 0.15) is 83.5 Å². The zero-order valence-electron chi connectivity index (χ0n) is 15.8. The lowest BCUT2D eigenvalue weighted by Gasteiger charge is -2.18. The summed E-state index contributed by atoms with van der Waals surface area (Å²) in [6.07, 6.45) is 9.26. The summed E-state index contributed by atoms with van der Waals surface area (Å²) in [5, 5.41) is 3.16. The van der Waals surface area contributed by atoms with E-state index in [0.717, 1.165) is 25.7 Å². The number of Topliss-reactive ketones (excluding diaryl/α,β-unsaturated/α-hetero) is 1. The van der Waals surface area contributed by atoms with E-state index in [-0.39, 0.29) is 11.9 Å². The van der Waals surface area contributed by atoms with Gasteiger partial charge in [-0.15, -0.1) is 0 Å². The van der Waals surface area contributed by atoms with Crippen molar-refractivity contribution >= 4 is 40.5 Å². The van der Waals surface area contributed by atoms with E-state index in [1.54, 1.807) is 48.3 Å². The highest BCUT2D eigenvalue weighted by Gasteiger charge is 2.28. The highest BCUT2D eigenvalue weighted by Crippen LogP contribution is 2.23. The summed E-state index contributed by atoms with van der Waals surface area (Å²) in [7, 11) is 1.76. The van der Waals surface area contributed by atoms with Crippen LogP contribution < -0.4 is 8.85 Å². The highest BCUT2D eigenvalue weighted by atomic mass is 127. The average molecular weight is 473 g/mol. The molecule has 0 unspecified atom stereocenters. The van der Waals surface area contributed by atoms with Crippen molar-refractivity contribution in [3.8, 4) is 0 Å². The van der Waals surface area contributed by atoms with Crippen molar-refractivity contribution < 1.29 is 14.4 Å². The van der Waals surface area contributed by atoms with Crippen LogP contribution in [0, 0.1) is 13.8 Å². The van der Waals surface area contributed by atoms with Crippen molar-refractivity contribution in [1.82, 2.24) is 13.4 Å². The molecule has 26 heavy (non-hydrogen) atoms. The van der Waals surface area contributed by atoms with Crippen LogP contribution in [0.2, 0.25) is 0 Å². The van der Waals surface area contributed by atoms with Gasteiger partial charge in [0, 0.05) is 18.8 Å². The number of nitrogens with one attached hydrogen (secondary N) is 2. The van der Waals surface area contributed by atoms with Crippen LogP contribution in [0.25, 0.3) is 0 Å². The maximum Gasteiger partial charge on any atom is 0.301 e. The molecule has 0 bridgehead atoms. The molecular weight excluding hydrogens is 445 g/mol. The minimum atomic E-state index is -0.675. The molecule has 1 saturated carbocycles. The zero-order valence-corrected chi connectivity index (χ0v) is 17.9. The van der Waals surface area contributed by atoms with Crippen LogP contribution in [0.4, 0.5) is 0 Å². The van der Waals surface area contributed by atoms with Crippen molar-refractivity contribution in [2.45, 2.75) is 71.3 Å². The fourth-order valence-electron chi connectivity index (χ4n) is 3.82. The van der Waals surface area contributed by atoms with Crippen LogP contribution in [0.3, 0.4) is 0 Å². The van der Waals surface area contributed by atoms with Gasteiger partial charge in [-0.25, -0.2) is 0 Å². The number of rotatable bonds is 4. The van der Waals surface area contributed by atoms with Gasteiger partial charge in [0.2, 0.25) is 0 Å². The minimum Gasteiger partial charge on any atom is -0.348 e. The first kappa shape index (κ1) is 20.9. The van der Waals surface area contributed by atoms with Crippen LogP contribution in [0.5, 0.6) is 0 Å². The number of carbonyl (C=O) groups is 3. The first-order chi connectivity index (χ1) is 12.4. The van der Waals surface area contributed by atoms with Gasteiger partial charge in [0.15, 0.2) is 0 Å². The number of hydrogen-bond acceptors (Lipinski definition) is 3. The van der Waals surface area contributed by atoms with E-state index in [1.807, 2.05) is 0 Å². The third kappa shape index (κ3) is 4.66. The van der Waals surface area contributed by atoms with E-state index in [0.29, 0.717) is 22.5 Å². The third-order valence-corrected chi connectivity index (χ3v) is 5.84. The fourth-order valence-corrected chi connectivity index (χ4v) is 4.07.